The first-order valence-electron chi connectivity index (χ1n) is 8.63. The molecular weight excluding hydrogens is 403 g/mol. The van der Waals surface area contributed by atoms with Gasteiger partial charge in [-0.1, -0.05) is 36.4 Å². The Labute approximate surface area is 167 Å². The van der Waals surface area contributed by atoms with Crippen molar-refractivity contribution in [1.29, 1.82) is 0 Å². The van der Waals surface area contributed by atoms with E-state index >= 15 is 0 Å². The molecule has 150 valence electrons. The average molecular weight is 414 g/mol. The van der Waals surface area contributed by atoms with Crippen LogP contribution >= 0.6 is 0 Å². The van der Waals surface area contributed by atoms with Crippen LogP contribution < -0.4 is 0 Å². The Morgan fingerprint density at radius 1 is 0.567 bits per heavy atom. The summed E-state index contributed by atoms with van der Waals surface area (Å²) in [6.45, 7) is 0. The predicted molar refractivity (Wildman–Crippen MR) is 98.8 cm³/mol. The molecule has 1 aromatic heterocycles. The number of hydrogen-bond donors (Lipinski definition) is 0. The van der Waals surface area contributed by atoms with Gasteiger partial charge in [0.2, 0.25) is 11.6 Å². The molecule has 4 rings (SSSR count). The molecule has 0 unspecified atom stereocenters. The lowest BCUT2D eigenvalue weighted by Gasteiger charge is -2.08. The van der Waals surface area contributed by atoms with Crippen molar-refractivity contribution in [3.05, 3.63) is 83.9 Å². The van der Waals surface area contributed by atoms with E-state index in [2.05, 4.69) is 20.4 Å². The molecule has 0 atom stereocenters. The first-order valence-corrected chi connectivity index (χ1v) is 8.63. The summed E-state index contributed by atoms with van der Waals surface area (Å²) >= 11 is 0. The van der Waals surface area contributed by atoms with E-state index in [0.717, 1.165) is 24.3 Å². The third kappa shape index (κ3) is 3.86. The van der Waals surface area contributed by atoms with Crippen LogP contribution in [-0.4, -0.2) is 20.4 Å². The molecule has 0 aliphatic carbocycles. The van der Waals surface area contributed by atoms with E-state index in [1.54, 1.807) is 24.3 Å². The van der Waals surface area contributed by atoms with Crippen LogP contribution in [0.4, 0.5) is 22.0 Å². The first-order chi connectivity index (χ1) is 14.3. The van der Waals surface area contributed by atoms with Gasteiger partial charge in [-0.15, -0.1) is 20.4 Å². The fourth-order valence-electron chi connectivity index (χ4n) is 2.85. The Hall–Kier alpha value is -3.75. The van der Waals surface area contributed by atoms with Gasteiger partial charge in [0.05, 0.1) is 11.1 Å². The molecular formula is C21H11F5N4. The molecule has 0 aliphatic rings. The second kappa shape index (κ2) is 7.58. The van der Waals surface area contributed by atoms with Gasteiger partial charge in [-0.25, -0.2) is 8.78 Å². The first kappa shape index (κ1) is 19.6. The summed E-state index contributed by atoms with van der Waals surface area (Å²) in [5.41, 5.74) is 0.524. The van der Waals surface area contributed by atoms with Crippen molar-refractivity contribution < 1.29 is 22.0 Å². The van der Waals surface area contributed by atoms with E-state index in [-0.39, 0.29) is 11.6 Å². The summed E-state index contributed by atoms with van der Waals surface area (Å²) in [6.07, 6.45) is -4.41. The van der Waals surface area contributed by atoms with Gasteiger partial charge >= 0.3 is 6.18 Å². The molecule has 30 heavy (non-hydrogen) atoms. The number of nitrogens with zero attached hydrogens (tertiary/aromatic N) is 4. The number of alkyl halides is 3. The van der Waals surface area contributed by atoms with E-state index < -0.39 is 28.9 Å². The fourth-order valence-corrected chi connectivity index (χ4v) is 2.85. The third-order valence-corrected chi connectivity index (χ3v) is 4.33. The second-order valence-electron chi connectivity index (χ2n) is 6.30. The van der Waals surface area contributed by atoms with Gasteiger partial charge in [0.15, 0.2) is 0 Å². The monoisotopic (exact) mass is 414 g/mol. The van der Waals surface area contributed by atoms with Gasteiger partial charge in [0.25, 0.3) is 0 Å². The molecule has 0 saturated heterocycles. The summed E-state index contributed by atoms with van der Waals surface area (Å²) in [5.74, 6) is -1.87. The second-order valence-corrected chi connectivity index (χ2v) is 6.30. The van der Waals surface area contributed by atoms with Crippen LogP contribution in [0.2, 0.25) is 0 Å². The maximum atomic E-state index is 13.9. The number of aromatic nitrogens is 4. The van der Waals surface area contributed by atoms with Gasteiger partial charge in [-0.05, 0) is 41.5 Å². The highest BCUT2D eigenvalue weighted by atomic mass is 19.4. The minimum absolute atomic E-state index is 0.101. The SMILES string of the molecule is Fc1cccc(F)c1-c1nnc(-c2cccc(-c3ccc(C(F)(F)F)cc3)c2)nn1. The maximum absolute atomic E-state index is 13.9. The van der Waals surface area contributed by atoms with Crippen molar-refractivity contribution in [2.45, 2.75) is 6.18 Å². The average Bonchev–Trinajstić information content (AvgIpc) is 2.74. The van der Waals surface area contributed by atoms with Crippen LogP contribution in [0.1, 0.15) is 5.56 Å². The Morgan fingerprint density at radius 3 is 1.70 bits per heavy atom. The van der Waals surface area contributed by atoms with Crippen LogP contribution in [0.3, 0.4) is 0 Å². The van der Waals surface area contributed by atoms with E-state index in [0.29, 0.717) is 16.7 Å². The molecule has 0 amide bonds. The van der Waals surface area contributed by atoms with E-state index in [1.165, 1.54) is 18.2 Å². The number of benzene rings is 3. The minimum atomic E-state index is -4.41. The van der Waals surface area contributed by atoms with Crippen LogP contribution in [0, 0.1) is 11.6 Å². The van der Waals surface area contributed by atoms with Crippen LogP contribution in [0.25, 0.3) is 33.9 Å². The normalized spacial score (nSPS) is 11.5. The van der Waals surface area contributed by atoms with Gasteiger partial charge in [0.1, 0.15) is 11.6 Å². The Kier molecular flexibility index (Phi) is 4.94. The topological polar surface area (TPSA) is 51.6 Å². The summed E-state index contributed by atoms with van der Waals surface area (Å²) in [4.78, 5) is 0. The quantitative estimate of drug-likeness (QED) is 0.412. The molecule has 3 aromatic carbocycles. The molecule has 0 bridgehead atoms. The Balaban J connectivity index is 1.64. The summed E-state index contributed by atoms with van der Waals surface area (Å²) in [6, 6.07) is 14.8. The molecule has 0 fully saturated rings. The molecule has 0 aliphatic heterocycles. The Bertz CT molecular complexity index is 1170. The van der Waals surface area contributed by atoms with Crippen molar-refractivity contribution in [3.63, 3.8) is 0 Å². The zero-order valence-corrected chi connectivity index (χ0v) is 15.0. The molecule has 4 nitrogen and oxygen atoms in total. The lowest BCUT2D eigenvalue weighted by Crippen LogP contribution is -2.04. The lowest BCUT2D eigenvalue weighted by molar-refractivity contribution is -0.137. The van der Waals surface area contributed by atoms with E-state index in [1.807, 2.05) is 0 Å². The number of rotatable bonds is 3. The number of halogens is 5. The van der Waals surface area contributed by atoms with E-state index in [4.69, 9.17) is 0 Å². The van der Waals surface area contributed by atoms with Crippen LogP contribution in [-0.2, 0) is 6.18 Å². The molecule has 4 aromatic rings. The van der Waals surface area contributed by atoms with Crippen molar-refractivity contribution >= 4 is 0 Å². The standard InChI is InChI=1S/C21H11F5N4/c22-16-5-2-6-17(23)18(16)20-29-27-19(28-30-20)14-4-1-3-13(11-14)12-7-9-15(10-8-12)21(24,25)26/h1-11H. The molecule has 1 heterocycles. The maximum Gasteiger partial charge on any atom is 0.416 e. The van der Waals surface area contributed by atoms with Gasteiger partial charge in [0, 0.05) is 5.56 Å². The van der Waals surface area contributed by atoms with Crippen molar-refractivity contribution in [1.82, 2.24) is 20.4 Å². The summed E-state index contributed by atoms with van der Waals surface area (Å²) in [7, 11) is 0. The molecule has 9 heteroatoms. The number of hydrogen-bond acceptors (Lipinski definition) is 4. The molecule has 0 spiro atoms. The minimum Gasteiger partial charge on any atom is -0.206 e. The largest absolute Gasteiger partial charge is 0.416 e. The molecule has 0 radical (unpaired) electrons. The highest BCUT2D eigenvalue weighted by molar-refractivity contribution is 5.70. The molecule has 0 saturated carbocycles. The summed E-state index contributed by atoms with van der Waals surface area (Å²) < 4.78 is 65.9. The lowest BCUT2D eigenvalue weighted by atomic mass is 10.0. The molecule has 0 N–H and O–H groups in total. The van der Waals surface area contributed by atoms with Crippen molar-refractivity contribution in [3.8, 4) is 33.9 Å². The smallest absolute Gasteiger partial charge is 0.206 e. The highest BCUT2D eigenvalue weighted by Gasteiger charge is 2.30. The fraction of sp³-hybridized carbons (Fsp3) is 0.0476. The zero-order chi connectivity index (χ0) is 21.3. The zero-order valence-electron chi connectivity index (χ0n) is 15.0. The Morgan fingerprint density at radius 2 is 1.10 bits per heavy atom. The van der Waals surface area contributed by atoms with Gasteiger partial charge < -0.3 is 0 Å². The van der Waals surface area contributed by atoms with Gasteiger partial charge in [-0.3, -0.25) is 0 Å². The van der Waals surface area contributed by atoms with Crippen molar-refractivity contribution in [2.75, 3.05) is 0 Å². The predicted octanol–water partition coefficient (Wildman–Crippen LogP) is 5.56. The van der Waals surface area contributed by atoms with Crippen LogP contribution in [0.15, 0.2) is 66.7 Å². The third-order valence-electron chi connectivity index (χ3n) is 4.33. The van der Waals surface area contributed by atoms with Crippen LogP contribution in [0.5, 0.6) is 0 Å². The highest BCUT2D eigenvalue weighted by Crippen LogP contribution is 2.31. The van der Waals surface area contributed by atoms with Crippen molar-refractivity contribution in [2.24, 2.45) is 0 Å². The van der Waals surface area contributed by atoms with E-state index in [9.17, 15) is 22.0 Å². The van der Waals surface area contributed by atoms with Gasteiger partial charge in [-0.2, -0.15) is 13.2 Å². The summed E-state index contributed by atoms with van der Waals surface area (Å²) in [5, 5.41) is 15.3.